The molecule has 0 aliphatic rings. The van der Waals surface area contributed by atoms with Gasteiger partial charge in [0.1, 0.15) is 17.3 Å². The molecule has 1 unspecified atom stereocenters. The molecule has 1 atom stereocenters. The summed E-state index contributed by atoms with van der Waals surface area (Å²) in [5.41, 5.74) is -0.354. The Bertz CT molecular complexity index is 828. The molecule has 0 saturated heterocycles. The third-order valence-electron chi connectivity index (χ3n) is 3.65. The van der Waals surface area contributed by atoms with E-state index < -0.39 is 13.4 Å². The fourth-order valence-corrected chi connectivity index (χ4v) is 4.63. The van der Waals surface area contributed by atoms with E-state index in [4.69, 9.17) is 13.5 Å². The van der Waals surface area contributed by atoms with Crippen LogP contribution in [0.5, 0.6) is 11.5 Å². The lowest BCUT2D eigenvalue weighted by atomic mass is 10.1. The van der Waals surface area contributed by atoms with Crippen molar-refractivity contribution in [3.8, 4) is 11.5 Å². The van der Waals surface area contributed by atoms with E-state index in [0.29, 0.717) is 17.3 Å². The van der Waals surface area contributed by atoms with Crippen LogP contribution in [0.2, 0.25) is 0 Å². The molecule has 1 N–H and O–H groups in total. The SMILES string of the molecule is CC(C)(C)NC(c1ccco1)P(=O)(Oc1ccccc1)Oc1ccccc1. The van der Waals surface area contributed by atoms with E-state index in [9.17, 15) is 4.57 Å². The van der Waals surface area contributed by atoms with Crippen molar-refractivity contribution in [2.45, 2.75) is 32.1 Å². The lowest BCUT2D eigenvalue weighted by molar-refractivity contribution is 0.310. The molecule has 0 aliphatic carbocycles. The molecule has 0 saturated carbocycles. The van der Waals surface area contributed by atoms with Gasteiger partial charge >= 0.3 is 7.60 Å². The van der Waals surface area contributed by atoms with Gasteiger partial charge in [0.2, 0.25) is 0 Å². The van der Waals surface area contributed by atoms with Gasteiger partial charge in [-0.2, -0.15) is 0 Å². The molecule has 0 fully saturated rings. The zero-order chi connectivity index (χ0) is 19.3. The topological polar surface area (TPSA) is 60.7 Å². The molecule has 0 aliphatic heterocycles. The first-order valence-corrected chi connectivity index (χ1v) is 10.4. The van der Waals surface area contributed by atoms with Gasteiger partial charge in [-0.15, -0.1) is 0 Å². The maximum Gasteiger partial charge on any atom is 0.455 e. The highest BCUT2D eigenvalue weighted by Gasteiger charge is 2.44. The summed E-state index contributed by atoms with van der Waals surface area (Å²) in [6.07, 6.45) is 1.54. The summed E-state index contributed by atoms with van der Waals surface area (Å²) in [5.74, 6) is 0.626. The monoisotopic (exact) mass is 385 g/mol. The maximum atomic E-state index is 14.1. The van der Waals surface area contributed by atoms with Crippen LogP contribution < -0.4 is 14.4 Å². The van der Waals surface area contributed by atoms with Crippen LogP contribution in [-0.2, 0) is 4.57 Å². The van der Waals surface area contributed by atoms with Crippen molar-refractivity contribution in [2.24, 2.45) is 0 Å². The second-order valence-corrected chi connectivity index (χ2v) is 9.12. The molecule has 27 heavy (non-hydrogen) atoms. The Morgan fingerprint density at radius 3 is 1.78 bits per heavy atom. The molecule has 0 radical (unpaired) electrons. The number of hydrogen-bond donors (Lipinski definition) is 1. The fraction of sp³-hybridized carbons (Fsp3) is 0.238. The van der Waals surface area contributed by atoms with Gasteiger partial charge in [-0.25, -0.2) is 4.57 Å². The molecule has 3 aromatic rings. The minimum absolute atomic E-state index is 0.354. The van der Waals surface area contributed by atoms with Crippen molar-refractivity contribution in [2.75, 3.05) is 0 Å². The van der Waals surface area contributed by atoms with E-state index in [0.717, 1.165) is 0 Å². The van der Waals surface area contributed by atoms with E-state index in [1.807, 2.05) is 57.2 Å². The molecule has 1 heterocycles. The van der Waals surface area contributed by atoms with Crippen LogP contribution >= 0.6 is 7.60 Å². The molecular formula is C21H24NO4P. The Kier molecular flexibility index (Phi) is 5.73. The molecule has 0 spiro atoms. The second kappa shape index (κ2) is 8.03. The first-order valence-electron chi connectivity index (χ1n) is 8.76. The maximum absolute atomic E-state index is 14.1. The Morgan fingerprint density at radius 2 is 1.37 bits per heavy atom. The fourth-order valence-electron chi connectivity index (χ4n) is 2.54. The summed E-state index contributed by atoms with van der Waals surface area (Å²) in [6.45, 7) is 5.95. The summed E-state index contributed by atoms with van der Waals surface area (Å²) in [4.78, 5) is 0. The average molecular weight is 385 g/mol. The van der Waals surface area contributed by atoms with Crippen LogP contribution in [-0.4, -0.2) is 5.54 Å². The van der Waals surface area contributed by atoms with E-state index >= 15 is 0 Å². The smallest absolute Gasteiger partial charge is 0.455 e. The Labute approximate surface area is 159 Å². The van der Waals surface area contributed by atoms with E-state index in [2.05, 4.69) is 5.32 Å². The second-order valence-electron chi connectivity index (χ2n) is 7.16. The van der Waals surface area contributed by atoms with Crippen molar-refractivity contribution in [3.05, 3.63) is 84.8 Å². The Morgan fingerprint density at radius 1 is 0.852 bits per heavy atom. The number of hydrogen-bond acceptors (Lipinski definition) is 5. The summed E-state index contributed by atoms with van der Waals surface area (Å²) in [6, 6.07) is 21.5. The van der Waals surface area contributed by atoms with Gasteiger partial charge in [0.05, 0.1) is 6.26 Å². The molecule has 0 amide bonds. The van der Waals surface area contributed by atoms with Crippen LogP contribution in [0.1, 0.15) is 32.3 Å². The van der Waals surface area contributed by atoms with Crippen molar-refractivity contribution in [3.63, 3.8) is 0 Å². The minimum Gasteiger partial charge on any atom is -0.467 e. The van der Waals surface area contributed by atoms with Crippen LogP contribution in [0.3, 0.4) is 0 Å². The minimum atomic E-state index is -3.76. The van der Waals surface area contributed by atoms with Crippen LogP contribution in [0, 0.1) is 0 Å². The molecule has 2 aromatic carbocycles. The van der Waals surface area contributed by atoms with Crippen molar-refractivity contribution in [1.29, 1.82) is 0 Å². The average Bonchev–Trinajstić information content (AvgIpc) is 3.15. The van der Waals surface area contributed by atoms with Gasteiger partial charge in [-0.05, 0) is 57.2 Å². The molecule has 1 aromatic heterocycles. The zero-order valence-corrected chi connectivity index (χ0v) is 16.6. The van der Waals surface area contributed by atoms with E-state index in [1.165, 1.54) is 0 Å². The Hall–Kier alpha value is -2.49. The standard InChI is InChI=1S/C21H24NO4P/c1-21(2,3)22-20(19-15-10-16-24-19)27(23,25-17-11-6-4-7-12-17)26-18-13-8-5-9-14-18/h4-16,20,22H,1-3H3. The highest BCUT2D eigenvalue weighted by Crippen LogP contribution is 2.59. The lowest BCUT2D eigenvalue weighted by Gasteiger charge is -2.32. The highest BCUT2D eigenvalue weighted by atomic mass is 31.2. The van der Waals surface area contributed by atoms with Crippen molar-refractivity contribution in [1.82, 2.24) is 5.32 Å². The van der Waals surface area contributed by atoms with E-state index in [1.54, 1.807) is 42.7 Å². The van der Waals surface area contributed by atoms with Crippen LogP contribution in [0.4, 0.5) is 0 Å². The lowest BCUT2D eigenvalue weighted by Crippen LogP contribution is -2.40. The molecular weight excluding hydrogens is 361 g/mol. The number of rotatable bonds is 7. The molecule has 6 heteroatoms. The van der Waals surface area contributed by atoms with Gasteiger partial charge in [-0.3, -0.25) is 5.32 Å². The van der Waals surface area contributed by atoms with Gasteiger partial charge in [-0.1, -0.05) is 36.4 Å². The summed E-state index contributed by atoms with van der Waals surface area (Å²) in [7, 11) is -3.76. The van der Waals surface area contributed by atoms with Crippen LogP contribution in [0.15, 0.2) is 83.5 Å². The number of nitrogens with one attached hydrogen (secondary N) is 1. The quantitative estimate of drug-likeness (QED) is 0.504. The van der Waals surface area contributed by atoms with Gasteiger partial charge in [0.25, 0.3) is 0 Å². The number of para-hydroxylation sites is 2. The van der Waals surface area contributed by atoms with Gasteiger partial charge in [0, 0.05) is 5.54 Å². The predicted octanol–water partition coefficient (Wildman–Crippen LogP) is 6.02. The third kappa shape index (κ3) is 5.25. The van der Waals surface area contributed by atoms with E-state index in [-0.39, 0.29) is 5.54 Å². The third-order valence-corrected chi connectivity index (χ3v) is 5.60. The zero-order valence-electron chi connectivity index (χ0n) is 15.7. The first kappa shape index (κ1) is 19.3. The summed E-state index contributed by atoms with van der Waals surface area (Å²) < 4.78 is 31.5. The van der Waals surface area contributed by atoms with Crippen molar-refractivity contribution < 1.29 is 18.0 Å². The Balaban J connectivity index is 2.03. The normalized spacial score (nSPS) is 13.1. The highest BCUT2D eigenvalue weighted by molar-refractivity contribution is 7.55. The summed E-state index contributed by atoms with van der Waals surface area (Å²) in [5, 5.41) is 3.33. The number of furan rings is 1. The van der Waals surface area contributed by atoms with Gasteiger partial charge < -0.3 is 13.5 Å². The van der Waals surface area contributed by atoms with Crippen LogP contribution in [0.25, 0.3) is 0 Å². The molecule has 142 valence electrons. The summed E-state index contributed by atoms with van der Waals surface area (Å²) >= 11 is 0. The first-order chi connectivity index (χ1) is 12.9. The largest absolute Gasteiger partial charge is 0.467 e. The van der Waals surface area contributed by atoms with Gasteiger partial charge in [0.15, 0.2) is 5.78 Å². The molecule has 0 bridgehead atoms. The molecule has 5 nitrogen and oxygen atoms in total. The van der Waals surface area contributed by atoms with Crippen molar-refractivity contribution >= 4 is 7.60 Å². The predicted molar refractivity (Wildman–Crippen MR) is 106 cm³/mol. The molecule has 3 rings (SSSR count). The number of benzene rings is 2.